The zero-order valence-electron chi connectivity index (χ0n) is 10.5. The topological polar surface area (TPSA) is 51.2 Å². The van der Waals surface area contributed by atoms with Gasteiger partial charge in [-0.3, -0.25) is 4.79 Å². The first-order valence-electron chi connectivity index (χ1n) is 5.77. The summed E-state index contributed by atoms with van der Waals surface area (Å²) in [7, 11) is -4.20. The van der Waals surface area contributed by atoms with Crippen LogP contribution in [0.3, 0.4) is 0 Å². The maximum atomic E-state index is 13.5. The molecule has 2 aromatic carbocycles. The Labute approximate surface area is 119 Å². The molecule has 2 rings (SSSR count). The van der Waals surface area contributed by atoms with Crippen molar-refractivity contribution in [1.29, 1.82) is 0 Å². The third-order valence-corrected chi connectivity index (χ3v) is 4.38. The molecule has 3 nitrogen and oxygen atoms in total. The Balaban J connectivity index is 2.30. The van der Waals surface area contributed by atoms with Gasteiger partial charge in [0.15, 0.2) is 27.3 Å². The van der Waals surface area contributed by atoms with E-state index in [0.29, 0.717) is 6.07 Å². The number of halogens is 3. The third-order valence-electron chi connectivity index (χ3n) is 2.73. The van der Waals surface area contributed by atoms with E-state index < -0.39 is 43.7 Å². The van der Waals surface area contributed by atoms with Crippen molar-refractivity contribution < 1.29 is 26.4 Å². The molecule has 0 aliphatic rings. The monoisotopic (exact) mass is 314 g/mol. The number of ketones is 1. The molecular weight excluding hydrogens is 305 g/mol. The number of hydrogen-bond acceptors (Lipinski definition) is 3. The highest BCUT2D eigenvalue weighted by molar-refractivity contribution is 7.92. The lowest BCUT2D eigenvalue weighted by molar-refractivity contribution is 0.102. The number of hydrogen-bond donors (Lipinski definition) is 0. The van der Waals surface area contributed by atoms with Crippen molar-refractivity contribution >= 4 is 15.6 Å². The molecule has 0 N–H and O–H groups in total. The zero-order chi connectivity index (χ0) is 15.6. The summed E-state index contributed by atoms with van der Waals surface area (Å²) in [6.07, 6.45) is 0. The average Bonchev–Trinajstić information content (AvgIpc) is 2.41. The van der Waals surface area contributed by atoms with Gasteiger partial charge >= 0.3 is 0 Å². The number of sulfone groups is 1. The first-order chi connectivity index (χ1) is 9.81. The lowest BCUT2D eigenvalue weighted by Gasteiger charge is -2.05. The van der Waals surface area contributed by atoms with E-state index >= 15 is 0 Å². The van der Waals surface area contributed by atoms with Gasteiger partial charge in [0.2, 0.25) is 0 Å². The van der Waals surface area contributed by atoms with Crippen LogP contribution in [0.1, 0.15) is 10.4 Å². The quantitative estimate of drug-likeness (QED) is 0.815. The second kappa shape index (κ2) is 5.69. The molecule has 21 heavy (non-hydrogen) atoms. The summed E-state index contributed by atoms with van der Waals surface area (Å²) in [5.74, 6) is -5.36. The van der Waals surface area contributed by atoms with E-state index in [9.17, 15) is 26.4 Å². The fraction of sp³-hybridized carbons (Fsp3) is 0.0714. The van der Waals surface area contributed by atoms with E-state index in [1.807, 2.05) is 0 Å². The summed E-state index contributed by atoms with van der Waals surface area (Å²) >= 11 is 0. The van der Waals surface area contributed by atoms with Crippen LogP contribution >= 0.6 is 0 Å². The molecule has 0 radical (unpaired) electrons. The molecule has 0 aromatic heterocycles. The molecule has 0 aliphatic heterocycles. The molecule has 0 unspecified atom stereocenters. The first kappa shape index (κ1) is 15.2. The minimum absolute atomic E-state index is 0.297. The largest absolute Gasteiger partial charge is 0.293 e. The third kappa shape index (κ3) is 3.30. The van der Waals surface area contributed by atoms with Crippen LogP contribution in [0.2, 0.25) is 0 Å². The maximum Gasteiger partial charge on any atom is 0.188 e. The van der Waals surface area contributed by atoms with Gasteiger partial charge in [-0.05, 0) is 30.3 Å². The molecule has 110 valence electrons. The number of Topliss-reactive ketones (excluding diaryl/α,β-unsaturated/α-hetero) is 1. The molecule has 0 fully saturated rings. The average molecular weight is 314 g/mol. The van der Waals surface area contributed by atoms with E-state index in [4.69, 9.17) is 0 Å². The Morgan fingerprint density at radius 1 is 0.905 bits per heavy atom. The van der Waals surface area contributed by atoms with Gasteiger partial charge < -0.3 is 0 Å². The molecule has 0 atom stereocenters. The second-order valence-electron chi connectivity index (χ2n) is 4.24. The fourth-order valence-electron chi connectivity index (χ4n) is 1.70. The zero-order valence-corrected chi connectivity index (χ0v) is 11.3. The molecule has 0 spiro atoms. The Hall–Kier alpha value is -2.15. The van der Waals surface area contributed by atoms with Crippen molar-refractivity contribution in [2.75, 3.05) is 5.75 Å². The highest BCUT2D eigenvalue weighted by Crippen LogP contribution is 2.17. The summed E-state index contributed by atoms with van der Waals surface area (Å²) in [6.45, 7) is 0. The van der Waals surface area contributed by atoms with Crippen LogP contribution in [0.25, 0.3) is 0 Å². The molecule has 0 heterocycles. The number of benzene rings is 2. The van der Waals surface area contributed by atoms with E-state index in [0.717, 1.165) is 24.3 Å². The van der Waals surface area contributed by atoms with Crippen molar-refractivity contribution in [1.82, 2.24) is 0 Å². The fourth-order valence-corrected chi connectivity index (χ4v) is 3.02. The van der Waals surface area contributed by atoms with Crippen molar-refractivity contribution in [2.24, 2.45) is 0 Å². The van der Waals surface area contributed by atoms with Crippen LogP contribution in [0.5, 0.6) is 0 Å². The van der Waals surface area contributed by atoms with Crippen molar-refractivity contribution in [2.45, 2.75) is 4.90 Å². The molecule has 0 aliphatic carbocycles. The highest BCUT2D eigenvalue weighted by atomic mass is 32.2. The Morgan fingerprint density at radius 3 is 2.19 bits per heavy atom. The molecule has 7 heteroatoms. The number of carbonyl (C=O) groups is 1. The summed E-state index contributed by atoms with van der Waals surface area (Å²) in [5.41, 5.74) is -0.297. The first-order valence-corrected chi connectivity index (χ1v) is 7.42. The van der Waals surface area contributed by atoms with Crippen molar-refractivity contribution in [3.63, 3.8) is 0 Å². The summed E-state index contributed by atoms with van der Waals surface area (Å²) < 4.78 is 63.2. The van der Waals surface area contributed by atoms with E-state index in [2.05, 4.69) is 0 Å². The maximum absolute atomic E-state index is 13.5. The predicted molar refractivity (Wildman–Crippen MR) is 69.1 cm³/mol. The predicted octanol–water partition coefficient (Wildman–Crippen LogP) is 2.76. The number of rotatable bonds is 4. The van der Waals surface area contributed by atoms with Crippen LogP contribution in [0, 0.1) is 17.5 Å². The van der Waals surface area contributed by atoms with Gasteiger partial charge in [-0.15, -0.1) is 0 Å². The molecule has 0 bridgehead atoms. The van der Waals surface area contributed by atoms with Crippen LogP contribution in [-0.4, -0.2) is 20.0 Å². The normalized spacial score (nSPS) is 11.4. The molecule has 0 saturated heterocycles. The smallest absolute Gasteiger partial charge is 0.188 e. The van der Waals surface area contributed by atoms with E-state index in [1.165, 1.54) is 12.1 Å². The van der Waals surface area contributed by atoms with Gasteiger partial charge in [-0.25, -0.2) is 21.6 Å². The summed E-state index contributed by atoms with van der Waals surface area (Å²) in [5, 5.41) is 0. The highest BCUT2D eigenvalue weighted by Gasteiger charge is 2.23. The van der Waals surface area contributed by atoms with Gasteiger partial charge in [0.25, 0.3) is 0 Å². The summed E-state index contributed by atoms with van der Waals surface area (Å²) in [6, 6.07) is 6.91. The van der Waals surface area contributed by atoms with Crippen LogP contribution in [0.4, 0.5) is 13.2 Å². The lowest BCUT2D eigenvalue weighted by Crippen LogP contribution is -2.17. The number of carbonyl (C=O) groups excluding carboxylic acids is 1. The standard InChI is InChI=1S/C14H9F3O3S/c15-10-6-5-9(7-12(10)17)13(18)8-21(19,20)14-4-2-1-3-11(14)16/h1-7H,8H2. The Bertz CT molecular complexity index is 801. The molecular formula is C14H9F3O3S. The van der Waals surface area contributed by atoms with Crippen LogP contribution in [0.15, 0.2) is 47.4 Å². The van der Waals surface area contributed by atoms with Gasteiger partial charge in [-0.2, -0.15) is 0 Å². The van der Waals surface area contributed by atoms with Gasteiger partial charge in [-0.1, -0.05) is 12.1 Å². The van der Waals surface area contributed by atoms with E-state index in [-0.39, 0.29) is 5.56 Å². The van der Waals surface area contributed by atoms with Crippen molar-refractivity contribution in [3.8, 4) is 0 Å². The van der Waals surface area contributed by atoms with Gasteiger partial charge in [0.1, 0.15) is 16.5 Å². The van der Waals surface area contributed by atoms with Crippen LogP contribution < -0.4 is 0 Å². The lowest BCUT2D eigenvalue weighted by atomic mass is 10.1. The molecule has 0 saturated carbocycles. The Morgan fingerprint density at radius 2 is 1.57 bits per heavy atom. The minimum atomic E-state index is -4.20. The minimum Gasteiger partial charge on any atom is -0.293 e. The van der Waals surface area contributed by atoms with Crippen LogP contribution in [-0.2, 0) is 9.84 Å². The van der Waals surface area contributed by atoms with Gasteiger partial charge in [0.05, 0.1) is 0 Å². The van der Waals surface area contributed by atoms with Crippen molar-refractivity contribution in [3.05, 3.63) is 65.5 Å². The molecule has 2 aromatic rings. The van der Waals surface area contributed by atoms with E-state index in [1.54, 1.807) is 0 Å². The molecule has 0 amide bonds. The summed E-state index contributed by atoms with van der Waals surface area (Å²) in [4.78, 5) is 11.2. The second-order valence-corrected chi connectivity index (χ2v) is 6.20. The SMILES string of the molecule is O=C(CS(=O)(=O)c1ccccc1F)c1ccc(F)c(F)c1. The van der Waals surface area contributed by atoms with Gasteiger partial charge in [0, 0.05) is 5.56 Å². The Kier molecular flexibility index (Phi) is 4.13.